The van der Waals surface area contributed by atoms with Gasteiger partial charge in [0.1, 0.15) is 17.2 Å². The van der Waals surface area contributed by atoms with Crippen LogP contribution in [0.2, 0.25) is 0 Å². The van der Waals surface area contributed by atoms with Gasteiger partial charge in [0, 0.05) is 31.9 Å². The van der Waals surface area contributed by atoms with Gasteiger partial charge in [0.15, 0.2) is 4.90 Å². The van der Waals surface area contributed by atoms with E-state index in [1.165, 1.54) is 23.1 Å². The molecule has 2 aromatic rings. The smallest absolute Gasteiger partial charge is 0.578 e. The van der Waals surface area contributed by atoms with Crippen LogP contribution in [0.1, 0.15) is 29.6 Å². The van der Waals surface area contributed by atoms with Gasteiger partial charge in [-0.3, -0.25) is 4.79 Å². The summed E-state index contributed by atoms with van der Waals surface area (Å²) in [5, 5.41) is 2.63. The summed E-state index contributed by atoms with van der Waals surface area (Å²) in [6, 6.07) is 7.48. The summed E-state index contributed by atoms with van der Waals surface area (Å²) in [7, 11) is 0. The third kappa shape index (κ3) is 5.37. The Balaban J connectivity index is 1.32. The Morgan fingerprint density at radius 3 is 2.00 bits per heavy atom. The van der Waals surface area contributed by atoms with Gasteiger partial charge in [-0.2, -0.15) is 0 Å². The van der Waals surface area contributed by atoms with E-state index in [4.69, 9.17) is 0 Å². The summed E-state index contributed by atoms with van der Waals surface area (Å²) in [5.41, 5.74) is -5.39. The lowest BCUT2D eigenvalue weighted by Gasteiger charge is -2.39. The Morgan fingerprint density at radius 2 is 1.46 bits per heavy atom. The topological polar surface area (TPSA) is 75.7 Å². The fourth-order valence-corrected chi connectivity index (χ4v) is 5.21. The minimum absolute atomic E-state index is 0.227. The molecule has 2 saturated heterocycles. The zero-order valence-corrected chi connectivity index (χ0v) is 19.2. The second-order valence-electron chi connectivity index (χ2n) is 8.73. The molecule has 1 spiro atoms. The van der Waals surface area contributed by atoms with Gasteiger partial charge in [-0.05, 0) is 61.1 Å². The first-order valence-corrected chi connectivity index (χ1v) is 12.0. The van der Waals surface area contributed by atoms with Gasteiger partial charge in [-0.25, -0.2) is 13.6 Å². The number of alkyl halides is 3. The molecule has 35 heavy (non-hydrogen) atoms. The maximum Gasteiger partial charge on any atom is 0.578 e. The number of piperidine rings is 1. The van der Waals surface area contributed by atoms with Crippen molar-refractivity contribution in [3.63, 3.8) is 0 Å². The fraction of sp³-hybridized carbons (Fsp3) is 0.391. The maximum atomic E-state index is 14.0. The number of likely N-dealkylation sites (tertiary alicyclic amines) is 2. The standard InChI is InChI=1S/C23H22F5N3O3S/c24-17-2-1-3-18(25)19(17)20(32)30-11-8-22(9-12-30)10-13-31(14-22)21(33)29-15-4-6-16(7-5-15)35(34)23(26,27)28/h1-7H,8-14H2,(H,29,33). The average Bonchev–Trinajstić information content (AvgIpc) is 3.22. The number of urea groups is 1. The molecule has 2 aliphatic rings. The van der Waals surface area contributed by atoms with Crippen molar-refractivity contribution in [3.05, 3.63) is 59.7 Å². The van der Waals surface area contributed by atoms with Gasteiger partial charge in [-0.1, -0.05) is 6.07 Å². The molecule has 0 radical (unpaired) electrons. The Kier molecular flexibility index (Phi) is 6.96. The van der Waals surface area contributed by atoms with E-state index in [2.05, 4.69) is 5.32 Å². The normalized spacial score (nSPS) is 18.6. The third-order valence-corrected chi connectivity index (χ3v) is 7.66. The molecular weight excluding hydrogens is 493 g/mol. The van der Waals surface area contributed by atoms with Crippen molar-refractivity contribution >= 4 is 28.8 Å². The summed E-state index contributed by atoms with van der Waals surface area (Å²) >= 11 is -3.15. The molecular formula is C23H22F5N3O3S. The second kappa shape index (κ2) is 9.65. The Labute approximate surface area is 201 Å². The van der Waals surface area contributed by atoms with Crippen LogP contribution in [0.3, 0.4) is 0 Å². The number of rotatable bonds is 3. The molecule has 1 unspecified atom stereocenters. The number of carbonyl (C=O) groups excluding carboxylic acids is 2. The first kappa shape index (κ1) is 25.2. The van der Waals surface area contributed by atoms with E-state index in [0.29, 0.717) is 45.4 Å². The quantitative estimate of drug-likeness (QED) is 0.474. The van der Waals surface area contributed by atoms with E-state index < -0.39 is 50.7 Å². The molecule has 1 N–H and O–H groups in total. The van der Waals surface area contributed by atoms with Crippen LogP contribution in [0.5, 0.6) is 0 Å². The largest absolute Gasteiger partial charge is 0.604 e. The number of hydrogen-bond acceptors (Lipinski definition) is 3. The summed E-state index contributed by atoms with van der Waals surface area (Å²) in [6.07, 6.45) is 1.83. The summed E-state index contributed by atoms with van der Waals surface area (Å²) in [5.74, 6) is -2.51. The molecule has 1 atom stereocenters. The predicted molar refractivity (Wildman–Crippen MR) is 118 cm³/mol. The van der Waals surface area contributed by atoms with Gasteiger partial charge in [0.05, 0.1) is 11.2 Å². The van der Waals surface area contributed by atoms with E-state index in [1.807, 2.05) is 0 Å². The van der Waals surface area contributed by atoms with E-state index in [0.717, 1.165) is 24.3 Å². The Hall–Kier alpha value is -2.86. The number of nitrogens with one attached hydrogen (secondary N) is 1. The van der Waals surface area contributed by atoms with Crippen LogP contribution in [0.25, 0.3) is 0 Å². The van der Waals surface area contributed by atoms with E-state index >= 15 is 0 Å². The van der Waals surface area contributed by atoms with E-state index in [1.54, 1.807) is 4.90 Å². The molecule has 2 fully saturated rings. The van der Waals surface area contributed by atoms with Crippen LogP contribution in [-0.4, -0.2) is 58.0 Å². The first-order chi connectivity index (χ1) is 16.5. The Morgan fingerprint density at radius 1 is 0.914 bits per heavy atom. The third-order valence-electron chi connectivity index (χ3n) is 6.54. The lowest BCUT2D eigenvalue weighted by atomic mass is 9.77. The average molecular weight is 516 g/mol. The molecule has 4 rings (SSSR count). The predicted octanol–water partition coefficient (Wildman–Crippen LogP) is 4.75. The minimum atomic E-state index is -4.86. The highest BCUT2D eigenvalue weighted by atomic mass is 32.2. The molecule has 0 aliphatic carbocycles. The lowest BCUT2D eigenvalue weighted by Crippen LogP contribution is -2.45. The fourth-order valence-electron chi connectivity index (χ4n) is 4.56. The van der Waals surface area contributed by atoms with Crippen molar-refractivity contribution in [2.45, 2.75) is 29.7 Å². The summed E-state index contributed by atoms with van der Waals surface area (Å²) in [6.45, 7) is 1.49. The zero-order valence-electron chi connectivity index (χ0n) is 18.4. The second-order valence-corrected chi connectivity index (χ2v) is 10.2. The van der Waals surface area contributed by atoms with Crippen LogP contribution >= 0.6 is 0 Å². The van der Waals surface area contributed by atoms with E-state index in [9.17, 15) is 36.1 Å². The number of amides is 3. The van der Waals surface area contributed by atoms with Crippen molar-refractivity contribution in [2.75, 3.05) is 31.5 Å². The van der Waals surface area contributed by atoms with Crippen molar-refractivity contribution < 1.29 is 36.1 Å². The highest BCUT2D eigenvalue weighted by molar-refractivity contribution is 7.92. The molecule has 12 heteroatoms. The minimum Gasteiger partial charge on any atom is -0.604 e. The highest BCUT2D eigenvalue weighted by Gasteiger charge is 2.46. The molecule has 3 amide bonds. The van der Waals surface area contributed by atoms with Crippen LogP contribution < -0.4 is 5.32 Å². The van der Waals surface area contributed by atoms with Crippen LogP contribution in [0.15, 0.2) is 47.4 Å². The Bertz CT molecular complexity index is 1080. The zero-order chi connectivity index (χ0) is 25.4. The SMILES string of the molecule is O=C(Nc1ccc([S+]([O-])C(F)(F)F)cc1)N1CCC2(CCN(C(=O)c3c(F)cccc3F)CC2)C1. The number of hydrogen-bond donors (Lipinski definition) is 1. The van der Waals surface area contributed by atoms with Gasteiger partial charge in [-0.15, -0.1) is 13.2 Å². The molecule has 188 valence electrons. The number of anilines is 1. The molecule has 2 aliphatic heterocycles. The van der Waals surface area contributed by atoms with Gasteiger partial charge < -0.3 is 19.7 Å². The number of carbonyl (C=O) groups is 2. The molecule has 2 aromatic carbocycles. The van der Waals surface area contributed by atoms with Crippen LogP contribution in [0.4, 0.5) is 32.4 Å². The van der Waals surface area contributed by atoms with Gasteiger partial charge in [0.25, 0.3) is 5.91 Å². The number of nitrogens with zero attached hydrogens (tertiary/aromatic N) is 2. The molecule has 0 bridgehead atoms. The number of halogens is 5. The molecule has 0 aromatic heterocycles. The van der Waals surface area contributed by atoms with Crippen molar-refractivity contribution in [3.8, 4) is 0 Å². The van der Waals surface area contributed by atoms with Crippen molar-refractivity contribution in [2.24, 2.45) is 5.41 Å². The first-order valence-electron chi connectivity index (χ1n) is 10.9. The van der Waals surface area contributed by atoms with Crippen LogP contribution in [-0.2, 0) is 11.2 Å². The lowest BCUT2D eigenvalue weighted by molar-refractivity contribution is -0.0435. The van der Waals surface area contributed by atoms with E-state index in [-0.39, 0.29) is 11.1 Å². The summed E-state index contributed by atoms with van der Waals surface area (Å²) < 4.78 is 77.1. The van der Waals surface area contributed by atoms with Gasteiger partial charge >= 0.3 is 11.5 Å². The highest BCUT2D eigenvalue weighted by Crippen LogP contribution is 2.41. The molecule has 6 nitrogen and oxygen atoms in total. The molecule has 0 saturated carbocycles. The van der Waals surface area contributed by atoms with Gasteiger partial charge in [0.2, 0.25) is 0 Å². The van der Waals surface area contributed by atoms with Crippen molar-refractivity contribution in [1.82, 2.24) is 9.80 Å². The summed E-state index contributed by atoms with van der Waals surface area (Å²) in [4.78, 5) is 27.9. The van der Waals surface area contributed by atoms with Crippen molar-refractivity contribution in [1.29, 1.82) is 0 Å². The monoisotopic (exact) mass is 515 g/mol. The molecule has 2 heterocycles. The maximum absolute atomic E-state index is 14.0. The van der Waals surface area contributed by atoms with Crippen LogP contribution in [0, 0.1) is 17.0 Å². The number of benzene rings is 2.